The predicted octanol–water partition coefficient (Wildman–Crippen LogP) is -0.300. The predicted molar refractivity (Wildman–Crippen MR) is 59.7 cm³/mol. The summed E-state index contributed by atoms with van der Waals surface area (Å²) in [4.78, 5) is 18.6. The molecule has 0 atom stereocenters. The second kappa shape index (κ2) is 4.59. The summed E-state index contributed by atoms with van der Waals surface area (Å²) in [5.41, 5.74) is 5.51. The molecule has 1 fully saturated rings. The number of anilines is 1. The first-order valence-corrected chi connectivity index (χ1v) is 5.76. The van der Waals surface area contributed by atoms with Crippen molar-refractivity contribution in [3.05, 3.63) is 11.1 Å². The number of rotatable bonds is 2. The van der Waals surface area contributed by atoms with Gasteiger partial charge in [0.2, 0.25) is 5.91 Å². The maximum absolute atomic E-state index is 11.8. The standard InChI is InChI=1S/C9H14N4OS/c10-9-12-6-7(15-9)5-8(14)13-3-1-11-2-4-13/h6,11H,1-5H2,(H2,10,12). The molecule has 15 heavy (non-hydrogen) atoms. The van der Waals surface area contributed by atoms with Gasteiger partial charge < -0.3 is 16.0 Å². The summed E-state index contributed by atoms with van der Waals surface area (Å²) in [5, 5.41) is 3.74. The number of hydrogen-bond donors (Lipinski definition) is 2. The number of hydrogen-bond acceptors (Lipinski definition) is 5. The van der Waals surface area contributed by atoms with Gasteiger partial charge in [0.15, 0.2) is 5.13 Å². The third kappa shape index (κ3) is 2.66. The molecule has 0 radical (unpaired) electrons. The van der Waals surface area contributed by atoms with Crippen molar-refractivity contribution in [1.82, 2.24) is 15.2 Å². The molecule has 0 unspecified atom stereocenters. The highest BCUT2D eigenvalue weighted by atomic mass is 32.1. The van der Waals surface area contributed by atoms with E-state index in [1.165, 1.54) is 11.3 Å². The molecule has 1 aliphatic heterocycles. The van der Waals surface area contributed by atoms with Crippen molar-refractivity contribution >= 4 is 22.4 Å². The van der Waals surface area contributed by atoms with Crippen LogP contribution in [0, 0.1) is 0 Å². The minimum atomic E-state index is 0.167. The average molecular weight is 226 g/mol. The fraction of sp³-hybridized carbons (Fsp3) is 0.556. The highest BCUT2D eigenvalue weighted by Gasteiger charge is 2.17. The summed E-state index contributed by atoms with van der Waals surface area (Å²) in [6.45, 7) is 3.37. The Bertz CT molecular complexity index is 346. The van der Waals surface area contributed by atoms with Crippen LogP contribution in [-0.2, 0) is 11.2 Å². The van der Waals surface area contributed by atoms with Gasteiger partial charge in [-0.2, -0.15) is 0 Å². The van der Waals surface area contributed by atoms with Crippen LogP contribution < -0.4 is 11.1 Å². The van der Waals surface area contributed by atoms with Crippen molar-refractivity contribution in [2.45, 2.75) is 6.42 Å². The Morgan fingerprint density at radius 3 is 2.93 bits per heavy atom. The molecule has 1 aromatic rings. The molecule has 0 aliphatic carbocycles. The Hall–Kier alpha value is -1.14. The van der Waals surface area contributed by atoms with Crippen LogP contribution in [0.15, 0.2) is 6.20 Å². The van der Waals surface area contributed by atoms with Gasteiger partial charge in [-0.1, -0.05) is 0 Å². The molecule has 2 heterocycles. The summed E-state index contributed by atoms with van der Waals surface area (Å²) >= 11 is 1.38. The first-order valence-electron chi connectivity index (χ1n) is 4.94. The molecule has 1 saturated heterocycles. The minimum absolute atomic E-state index is 0.167. The Morgan fingerprint density at radius 2 is 2.33 bits per heavy atom. The molecule has 0 saturated carbocycles. The topological polar surface area (TPSA) is 71.2 Å². The zero-order chi connectivity index (χ0) is 10.7. The van der Waals surface area contributed by atoms with Gasteiger partial charge in [-0.25, -0.2) is 4.98 Å². The number of piperazine rings is 1. The first kappa shape index (κ1) is 10.4. The maximum atomic E-state index is 11.8. The van der Waals surface area contributed by atoms with E-state index in [-0.39, 0.29) is 5.91 Å². The van der Waals surface area contributed by atoms with Crippen molar-refractivity contribution in [2.24, 2.45) is 0 Å². The van der Waals surface area contributed by atoms with Crippen LogP contribution in [0.25, 0.3) is 0 Å². The number of nitrogen functional groups attached to an aromatic ring is 1. The van der Waals surface area contributed by atoms with E-state index in [1.54, 1.807) is 6.20 Å². The van der Waals surface area contributed by atoms with Gasteiger partial charge >= 0.3 is 0 Å². The van der Waals surface area contributed by atoms with Crippen molar-refractivity contribution in [3.8, 4) is 0 Å². The van der Waals surface area contributed by atoms with E-state index in [0.29, 0.717) is 11.6 Å². The molecule has 1 aromatic heterocycles. The van der Waals surface area contributed by atoms with Crippen LogP contribution in [0.2, 0.25) is 0 Å². The summed E-state index contributed by atoms with van der Waals surface area (Å²) in [6.07, 6.45) is 2.11. The van der Waals surface area contributed by atoms with Gasteiger partial charge in [-0.05, 0) is 0 Å². The average Bonchev–Trinajstić information content (AvgIpc) is 2.65. The molecule has 2 rings (SSSR count). The largest absolute Gasteiger partial charge is 0.375 e. The second-order valence-corrected chi connectivity index (χ2v) is 4.62. The Kier molecular flexibility index (Phi) is 3.17. The third-order valence-electron chi connectivity index (χ3n) is 2.37. The van der Waals surface area contributed by atoms with Gasteiger partial charge in [0.05, 0.1) is 6.42 Å². The lowest BCUT2D eigenvalue weighted by molar-refractivity contribution is -0.130. The molecule has 0 spiro atoms. The highest BCUT2D eigenvalue weighted by molar-refractivity contribution is 7.15. The molecule has 0 bridgehead atoms. The molecular formula is C9H14N4OS. The van der Waals surface area contributed by atoms with E-state index in [1.807, 2.05) is 4.90 Å². The number of amides is 1. The molecular weight excluding hydrogens is 212 g/mol. The molecule has 0 aromatic carbocycles. The summed E-state index contributed by atoms with van der Waals surface area (Å²) in [6, 6.07) is 0. The SMILES string of the molecule is Nc1ncc(CC(=O)N2CCNCC2)s1. The molecule has 1 amide bonds. The Labute approximate surface area is 92.3 Å². The van der Waals surface area contributed by atoms with Crippen LogP contribution in [-0.4, -0.2) is 42.0 Å². The number of carbonyl (C=O) groups is 1. The molecule has 1 aliphatic rings. The number of carbonyl (C=O) groups excluding carboxylic acids is 1. The lowest BCUT2D eigenvalue weighted by atomic mass is 10.3. The van der Waals surface area contributed by atoms with E-state index in [2.05, 4.69) is 10.3 Å². The number of nitrogens with one attached hydrogen (secondary N) is 1. The van der Waals surface area contributed by atoms with Crippen LogP contribution in [0.5, 0.6) is 0 Å². The summed E-state index contributed by atoms with van der Waals surface area (Å²) in [5.74, 6) is 0.167. The van der Waals surface area contributed by atoms with Crippen LogP contribution in [0.4, 0.5) is 5.13 Å². The summed E-state index contributed by atoms with van der Waals surface area (Å²) < 4.78 is 0. The monoisotopic (exact) mass is 226 g/mol. The van der Waals surface area contributed by atoms with E-state index >= 15 is 0 Å². The number of aromatic nitrogens is 1. The smallest absolute Gasteiger partial charge is 0.227 e. The van der Waals surface area contributed by atoms with Crippen LogP contribution >= 0.6 is 11.3 Å². The Balaban J connectivity index is 1.91. The number of nitrogens with two attached hydrogens (primary N) is 1. The number of nitrogens with zero attached hydrogens (tertiary/aromatic N) is 2. The van der Waals surface area contributed by atoms with Gasteiger partial charge in [0.1, 0.15) is 0 Å². The fourth-order valence-corrected chi connectivity index (χ4v) is 2.25. The molecule has 82 valence electrons. The van der Waals surface area contributed by atoms with Gasteiger partial charge in [-0.15, -0.1) is 11.3 Å². The van der Waals surface area contributed by atoms with Crippen molar-refractivity contribution < 1.29 is 4.79 Å². The quantitative estimate of drug-likeness (QED) is 0.726. The zero-order valence-corrected chi connectivity index (χ0v) is 9.22. The highest BCUT2D eigenvalue weighted by Crippen LogP contribution is 2.15. The van der Waals surface area contributed by atoms with Gasteiger partial charge in [-0.3, -0.25) is 4.79 Å². The van der Waals surface area contributed by atoms with Gasteiger partial charge in [0.25, 0.3) is 0 Å². The van der Waals surface area contributed by atoms with Crippen molar-refractivity contribution in [1.29, 1.82) is 0 Å². The second-order valence-electron chi connectivity index (χ2n) is 3.47. The van der Waals surface area contributed by atoms with E-state index in [4.69, 9.17) is 5.73 Å². The molecule has 6 heteroatoms. The van der Waals surface area contributed by atoms with Crippen LogP contribution in [0.3, 0.4) is 0 Å². The van der Waals surface area contributed by atoms with Crippen LogP contribution in [0.1, 0.15) is 4.88 Å². The first-order chi connectivity index (χ1) is 7.25. The fourth-order valence-electron chi connectivity index (χ4n) is 1.58. The maximum Gasteiger partial charge on any atom is 0.227 e. The van der Waals surface area contributed by atoms with Crippen molar-refractivity contribution in [3.63, 3.8) is 0 Å². The summed E-state index contributed by atoms with van der Waals surface area (Å²) in [7, 11) is 0. The van der Waals surface area contributed by atoms with E-state index in [0.717, 1.165) is 31.1 Å². The van der Waals surface area contributed by atoms with Crippen molar-refractivity contribution in [2.75, 3.05) is 31.9 Å². The molecule has 5 nitrogen and oxygen atoms in total. The zero-order valence-electron chi connectivity index (χ0n) is 8.40. The minimum Gasteiger partial charge on any atom is -0.375 e. The van der Waals surface area contributed by atoms with Gasteiger partial charge in [0, 0.05) is 37.3 Å². The Morgan fingerprint density at radius 1 is 1.60 bits per heavy atom. The lowest BCUT2D eigenvalue weighted by Crippen LogP contribution is -2.46. The van der Waals surface area contributed by atoms with E-state index < -0.39 is 0 Å². The number of thiazole rings is 1. The van der Waals surface area contributed by atoms with E-state index in [9.17, 15) is 4.79 Å². The molecule has 3 N–H and O–H groups in total. The third-order valence-corrected chi connectivity index (χ3v) is 3.19. The normalized spacial score (nSPS) is 16.7. The lowest BCUT2D eigenvalue weighted by Gasteiger charge is -2.27.